The van der Waals surface area contributed by atoms with Gasteiger partial charge in [-0.3, -0.25) is 0 Å². The highest BCUT2D eigenvalue weighted by Crippen LogP contribution is 2.19. The van der Waals surface area contributed by atoms with Gasteiger partial charge in [-0.15, -0.1) is 0 Å². The molecule has 1 heterocycles. The van der Waals surface area contributed by atoms with Gasteiger partial charge in [0.25, 0.3) is 0 Å². The van der Waals surface area contributed by atoms with Gasteiger partial charge in [0.2, 0.25) is 0 Å². The molecule has 1 atom stereocenters. The average Bonchev–Trinajstić information content (AvgIpc) is 2.36. The Morgan fingerprint density at radius 2 is 2.06 bits per heavy atom. The summed E-state index contributed by atoms with van der Waals surface area (Å²) in [6.45, 7) is 4.14. The Labute approximate surface area is 101 Å². The van der Waals surface area contributed by atoms with Crippen LogP contribution in [0, 0.1) is 5.92 Å². The molecular weight excluding hydrogens is 212 g/mol. The van der Waals surface area contributed by atoms with Crippen molar-refractivity contribution in [2.45, 2.75) is 6.92 Å². The van der Waals surface area contributed by atoms with Crippen molar-refractivity contribution in [3.05, 3.63) is 30.5 Å². The molecule has 0 aliphatic carbocycles. The van der Waals surface area contributed by atoms with Gasteiger partial charge in [0.05, 0.1) is 17.4 Å². The second kappa shape index (κ2) is 5.59. The van der Waals surface area contributed by atoms with Gasteiger partial charge in [-0.1, -0.05) is 25.1 Å². The molecule has 2 aromatic rings. The summed E-state index contributed by atoms with van der Waals surface area (Å²) in [5.74, 6) is 0.576. The number of hydrogen-bond acceptors (Lipinski definition) is 4. The van der Waals surface area contributed by atoms with E-state index >= 15 is 0 Å². The lowest BCUT2D eigenvalue weighted by Crippen LogP contribution is -2.22. The Kier molecular flexibility index (Phi) is 3.88. The lowest BCUT2D eigenvalue weighted by molar-refractivity contribution is 0.569. The van der Waals surface area contributed by atoms with Crippen LogP contribution in [0.5, 0.6) is 0 Å². The van der Waals surface area contributed by atoms with Crippen LogP contribution in [0.3, 0.4) is 0 Å². The molecule has 0 bridgehead atoms. The van der Waals surface area contributed by atoms with E-state index in [1.807, 2.05) is 25.2 Å². The van der Waals surface area contributed by atoms with E-state index in [1.165, 1.54) is 0 Å². The Morgan fingerprint density at radius 3 is 2.88 bits per heavy atom. The second-order valence-electron chi connectivity index (χ2n) is 4.32. The van der Waals surface area contributed by atoms with E-state index < -0.39 is 0 Å². The third-order valence-electron chi connectivity index (χ3n) is 2.74. The van der Waals surface area contributed by atoms with Crippen LogP contribution in [-0.4, -0.2) is 30.3 Å². The number of benzene rings is 1. The van der Waals surface area contributed by atoms with E-state index in [-0.39, 0.29) is 0 Å². The molecule has 2 N–H and O–H groups in total. The normalized spacial score (nSPS) is 12.6. The molecule has 1 unspecified atom stereocenters. The molecule has 0 saturated heterocycles. The fourth-order valence-corrected chi connectivity index (χ4v) is 1.85. The van der Waals surface area contributed by atoms with Crippen molar-refractivity contribution in [2.24, 2.45) is 5.92 Å². The summed E-state index contributed by atoms with van der Waals surface area (Å²) in [4.78, 5) is 0. The topological polar surface area (TPSA) is 49.8 Å². The first-order valence-electron chi connectivity index (χ1n) is 5.90. The molecule has 1 aromatic heterocycles. The minimum absolute atomic E-state index is 0.576. The fourth-order valence-electron chi connectivity index (χ4n) is 1.85. The molecule has 1 aromatic carbocycles. The fraction of sp³-hybridized carbons (Fsp3) is 0.385. The van der Waals surface area contributed by atoms with Gasteiger partial charge in [-0.05, 0) is 25.6 Å². The monoisotopic (exact) mass is 230 g/mol. The Morgan fingerprint density at radius 1 is 1.24 bits per heavy atom. The number of rotatable bonds is 5. The van der Waals surface area contributed by atoms with Gasteiger partial charge in [0.1, 0.15) is 0 Å². The van der Waals surface area contributed by atoms with Gasteiger partial charge in [-0.25, -0.2) is 0 Å². The van der Waals surface area contributed by atoms with E-state index in [2.05, 4.69) is 33.8 Å². The lowest BCUT2D eigenvalue weighted by Gasteiger charge is -2.13. The first-order valence-corrected chi connectivity index (χ1v) is 5.90. The Balaban J connectivity index is 2.13. The third kappa shape index (κ3) is 2.91. The molecule has 17 heavy (non-hydrogen) atoms. The van der Waals surface area contributed by atoms with Gasteiger partial charge >= 0.3 is 0 Å². The molecule has 0 saturated carbocycles. The van der Waals surface area contributed by atoms with Crippen LogP contribution in [-0.2, 0) is 0 Å². The number of nitrogens with zero attached hydrogens (tertiary/aromatic N) is 2. The van der Waals surface area contributed by atoms with Crippen molar-refractivity contribution in [1.29, 1.82) is 0 Å². The van der Waals surface area contributed by atoms with Crippen molar-refractivity contribution in [1.82, 2.24) is 15.5 Å². The zero-order valence-electron chi connectivity index (χ0n) is 10.3. The number of fused-ring (bicyclic) bond motifs is 1. The second-order valence-corrected chi connectivity index (χ2v) is 4.32. The molecule has 0 fully saturated rings. The largest absolute Gasteiger partial charge is 0.383 e. The van der Waals surface area contributed by atoms with Crippen LogP contribution in [0.1, 0.15) is 6.92 Å². The minimum atomic E-state index is 0.576. The summed E-state index contributed by atoms with van der Waals surface area (Å²) in [6, 6.07) is 8.04. The van der Waals surface area contributed by atoms with Crippen LogP contribution in [0.4, 0.5) is 5.69 Å². The molecule has 0 radical (unpaired) electrons. The highest BCUT2D eigenvalue weighted by Gasteiger charge is 2.04. The van der Waals surface area contributed by atoms with Crippen molar-refractivity contribution in [2.75, 3.05) is 25.5 Å². The van der Waals surface area contributed by atoms with Crippen molar-refractivity contribution in [3.63, 3.8) is 0 Å². The first kappa shape index (κ1) is 11.8. The zero-order valence-corrected chi connectivity index (χ0v) is 10.3. The molecule has 0 amide bonds. The van der Waals surface area contributed by atoms with Gasteiger partial charge in [-0.2, -0.15) is 10.2 Å². The van der Waals surface area contributed by atoms with E-state index in [9.17, 15) is 0 Å². The summed E-state index contributed by atoms with van der Waals surface area (Å²) in [6.07, 6.45) is 1.79. The first-order chi connectivity index (χ1) is 8.31. The van der Waals surface area contributed by atoms with E-state index in [1.54, 1.807) is 6.20 Å². The quantitative estimate of drug-likeness (QED) is 0.823. The van der Waals surface area contributed by atoms with Crippen LogP contribution in [0.25, 0.3) is 10.9 Å². The summed E-state index contributed by atoms with van der Waals surface area (Å²) in [5, 5.41) is 15.8. The van der Waals surface area contributed by atoms with E-state index in [0.717, 1.165) is 29.7 Å². The standard InChI is InChI=1S/C13H18N4/c1-10(7-14-2)8-15-13-9-16-17-12-6-4-3-5-11(12)13/h3-6,9-10,14H,7-8H2,1-2H3,(H,15,17). The van der Waals surface area contributed by atoms with Crippen LogP contribution in [0.2, 0.25) is 0 Å². The minimum Gasteiger partial charge on any atom is -0.383 e. The van der Waals surface area contributed by atoms with Crippen LogP contribution in [0.15, 0.2) is 30.5 Å². The highest BCUT2D eigenvalue weighted by atomic mass is 15.1. The average molecular weight is 230 g/mol. The molecule has 4 nitrogen and oxygen atoms in total. The number of aromatic nitrogens is 2. The summed E-state index contributed by atoms with van der Waals surface area (Å²) < 4.78 is 0. The Bertz CT molecular complexity index is 478. The summed E-state index contributed by atoms with van der Waals surface area (Å²) in [5.41, 5.74) is 1.98. The van der Waals surface area contributed by atoms with E-state index in [0.29, 0.717) is 5.92 Å². The summed E-state index contributed by atoms with van der Waals surface area (Å²) >= 11 is 0. The maximum Gasteiger partial charge on any atom is 0.0950 e. The molecule has 0 aliphatic heterocycles. The molecule has 0 aliphatic rings. The predicted octanol–water partition coefficient (Wildman–Crippen LogP) is 1.90. The number of anilines is 1. The molecule has 90 valence electrons. The van der Waals surface area contributed by atoms with Crippen LogP contribution >= 0.6 is 0 Å². The number of hydrogen-bond donors (Lipinski definition) is 2. The molecule has 4 heteroatoms. The van der Waals surface area contributed by atoms with Gasteiger partial charge < -0.3 is 10.6 Å². The zero-order chi connectivity index (χ0) is 12.1. The maximum absolute atomic E-state index is 4.10. The smallest absolute Gasteiger partial charge is 0.0950 e. The van der Waals surface area contributed by atoms with Crippen LogP contribution < -0.4 is 10.6 Å². The summed E-state index contributed by atoms with van der Waals surface area (Å²) in [7, 11) is 1.97. The predicted molar refractivity (Wildman–Crippen MR) is 71.1 cm³/mol. The van der Waals surface area contributed by atoms with Gasteiger partial charge in [0, 0.05) is 11.9 Å². The number of nitrogens with one attached hydrogen (secondary N) is 2. The molecular formula is C13H18N4. The SMILES string of the molecule is CNCC(C)CNc1cnnc2ccccc12. The molecule has 0 spiro atoms. The van der Waals surface area contributed by atoms with Crippen molar-refractivity contribution < 1.29 is 0 Å². The molecule has 2 rings (SSSR count). The van der Waals surface area contributed by atoms with E-state index in [4.69, 9.17) is 0 Å². The van der Waals surface area contributed by atoms with Crippen molar-refractivity contribution >= 4 is 16.6 Å². The lowest BCUT2D eigenvalue weighted by atomic mass is 10.1. The maximum atomic E-state index is 4.10. The van der Waals surface area contributed by atoms with Crippen molar-refractivity contribution in [3.8, 4) is 0 Å². The third-order valence-corrected chi connectivity index (χ3v) is 2.74. The van der Waals surface area contributed by atoms with Gasteiger partial charge in [0.15, 0.2) is 0 Å². The highest BCUT2D eigenvalue weighted by molar-refractivity contribution is 5.90. The Hall–Kier alpha value is -1.68.